The first kappa shape index (κ1) is 14.6. The topological polar surface area (TPSA) is 57.5 Å². The number of aliphatic hydroxyl groups is 1. The molecule has 0 aliphatic heterocycles. The van der Waals surface area contributed by atoms with Crippen LogP contribution in [0.15, 0.2) is 18.2 Å². The Morgan fingerprint density at radius 2 is 2.11 bits per heavy atom. The zero-order valence-electron chi connectivity index (χ0n) is 10.9. The van der Waals surface area contributed by atoms with Gasteiger partial charge in [-0.15, -0.1) is 0 Å². The van der Waals surface area contributed by atoms with Crippen molar-refractivity contribution in [2.75, 3.05) is 0 Å². The molecule has 100 valence electrons. The normalized spacial score (nSPS) is 16.1. The summed E-state index contributed by atoms with van der Waals surface area (Å²) < 4.78 is 13.5. The van der Waals surface area contributed by atoms with Gasteiger partial charge >= 0.3 is 5.97 Å². The predicted octanol–water partition coefficient (Wildman–Crippen LogP) is 2.84. The molecular formula is C14H19FO3. The number of hydrogen-bond acceptors (Lipinski definition) is 2. The van der Waals surface area contributed by atoms with Crippen molar-refractivity contribution >= 4 is 5.97 Å². The molecule has 18 heavy (non-hydrogen) atoms. The standard InChI is InChI=1S/C14H19FO3/c1-4-5-11(13(16)17)14(3,18)10-7-6-9(2)12(15)8-10/h6-8,11,18H,4-5H2,1-3H3,(H,16,17). The first-order valence-electron chi connectivity index (χ1n) is 6.02. The average Bonchev–Trinajstić information content (AvgIpc) is 2.28. The van der Waals surface area contributed by atoms with Crippen molar-refractivity contribution in [2.24, 2.45) is 5.92 Å². The predicted molar refractivity (Wildman–Crippen MR) is 66.7 cm³/mol. The lowest BCUT2D eigenvalue weighted by molar-refractivity contribution is -0.152. The van der Waals surface area contributed by atoms with Gasteiger partial charge in [-0.25, -0.2) is 4.39 Å². The van der Waals surface area contributed by atoms with Gasteiger partial charge in [0.05, 0.1) is 5.92 Å². The fraction of sp³-hybridized carbons (Fsp3) is 0.500. The van der Waals surface area contributed by atoms with Crippen molar-refractivity contribution in [2.45, 2.75) is 39.2 Å². The highest BCUT2D eigenvalue weighted by Crippen LogP contribution is 2.33. The van der Waals surface area contributed by atoms with Crippen LogP contribution in [0.3, 0.4) is 0 Å². The molecule has 0 radical (unpaired) electrons. The zero-order valence-corrected chi connectivity index (χ0v) is 10.9. The first-order valence-corrected chi connectivity index (χ1v) is 6.02. The Morgan fingerprint density at radius 3 is 2.56 bits per heavy atom. The van der Waals surface area contributed by atoms with Crippen LogP contribution in [-0.4, -0.2) is 16.2 Å². The smallest absolute Gasteiger partial charge is 0.309 e. The van der Waals surface area contributed by atoms with Crippen molar-refractivity contribution in [3.8, 4) is 0 Å². The molecule has 0 spiro atoms. The molecule has 2 unspecified atom stereocenters. The number of benzene rings is 1. The zero-order chi connectivity index (χ0) is 13.9. The van der Waals surface area contributed by atoms with Gasteiger partial charge in [0, 0.05) is 0 Å². The summed E-state index contributed by atoms with van der Waals surface area (Å²) in [7, 11) is 0. The summed E-state index contributed by atoms with van der Waals surface area (Å²) in [5.41, 5.74) is -0.806. The molecule has 0 saturated heterocycles. The number of carboxylic acids is 1. The number of hydrogen-bond donors (Lipinski definition) is 2. The van der Waals surface area contributed by atoms with Crippen LogP contribution >= 0.6 is 0 Å². The summed E-state index contributed by atoms with van der Waals surface area (Å²) in [6, 6.07) is 4.33. The van der Waals surface area contributed by atoms with Crippen molar-refractivity contribution in [1.29, 1.82) is 0 Å². The van der Waals surface area contributed by atoms with Crippen LogP contribution in [0, 0.1) is 18.7 Å². The van der Waals surface area contributed by atoms with Gasteiger partial charge in [0.1, 0.15) is 11.4 Å². The number of rotatable bonds is 5. The molecule has 0 aromatic heterocycles. The largest absolute Gasteiger partial charge is 0.481 e. The Morgan fingerprint density at radius 1 is 1.50 bits per heavy atom. The van der Waals surface area contributed by atoms with Gasteiger partial charge in [0.15, 0.2) is 0 Å². The third-order valence-corrected chi connectivity index (χ3v) is 3.31. The van der Waals surface area contributed by atoms with Crippen LogP contribution in [0.2, 0.25) is 0 Å². The van der Waals surface area contributed by atoms with Gasteiger partial charge in [-0.2, -0.15) is 0 Å². The lowest BCUT2D eigenvalue weighted by Crippen LogP contribution is -2.37. The highest BCUT2D eigenvalue weighted by molar-refractivity contribution is 5.72. The second kappa shape index (κ2) is 5.48. The highest BCUT2D eigenvalue weighted by atomic mass is 19.1. The van der Waals surface area contributed by atoms with Gasteiger partial charge in [-0.1, -0.05) is 25.5 Å². The second-order valence-corrected chi connectivity index (χ2v) is 4.79. The molecule has 2 N–H and O–H groups in total. The van der Waals surface area contributed by atoms with Gasteiger partial charge in [-0.05, 0) is 37.5 Å². The van der Waals surface area contributed by atoms with Crippen LogP contribution in [0.1, 0.15) is 37.8 Å². The summed E-state index contributed by atoms with van der Waals surface area (Å²) in [4.78, 5) is 11.2. The fourth-order valence-electron chi connectivity index (χ4n) is 2.04. The van der Waals surface area contributed by atoms with E-state index < -0.39 is 23.3 Å². The number of aliphatic carboxylic acids is 1. The maximum Gasteiger partial charge on any atom is 0.309 e. The van der Waals surface area contributed by atoms with Gasteiger partial charge in [0.2, 0.25) is 0 Å². The molecule has 0 amide bonds. The van der Waals surface area contributed by atoms with E-state index >= 15 is 0 Å². The van der Waals surface area contributed by atoms with Crippen molar-refractivity contribution in [1.82, 2.24) is 0 Å². The van der Waals surface area contributed by atoms with E-state index in [9.17, 15) is 19.4 Å². The fourth-order valence-corrected chi connectivity index (χ4v) is 2.04. The molecule has 4 heteroatoms. The second-order valence-electron chi connectivity index (χ2n) is 4.79. The van der Waals surface area contributed by atoms with Crippen LogP contribution in [0.4, 0.5) is 4.39 Å². The Balaban J connectivity index is 3.16. The lowest BCUT2D eigenvalue weighted by Gasteiger charge is -2.30. The van der Waals surface area contributed by atoms with Crippen LogP contribution in [0.25, 0.3) is 0 Å². The highest BCUT2D eigenvalue weighted by Gasteiger charge is 2.38. The lowest BCUT2D eigenvalue weighted by atomic mass is 9.80. The molecule has 2 atom stereocenters. The minimum atomic E-state index is -1.57. The third-order valence-electron chi connectivity index (χ3n) is 3.31. The molecule has 1 aromatic rings. The molecule has 0 fully saturated rings. The van der Waals surface area contributed by atoms with Crippen LogP contribution < -0.4 is 0 Å². The quantitative estimate of drug-likeness (QED) is 0.849. The van der Waals surface area contributed by atoms with Crippen molar-refractivity contribution in [3.05, 3.63) is 35.1 Å². The summed E-state index contributed by atoms with van der Waals surface area (Å²) >= 11 is 0. The average molecular weight is 254 g/mol. The molecular weight excluding hydrogens is 235 g/mol. The van der Waals surface area contributed by atoms with Crippen molar-refractivity contribution < 1.29 is 19.4 Å². The number of aryl methyl sites for hydroxylation is 1. The molecule has 0 aliphatic carbocycles. The first-order chi connectivity index (χ1) is 8.30. The summed E-state index contributed by atoms with van der Waals surface area (Å²) in [5.74, 6) is -2.44. The minimum absolute atomic E-state index is 0.298. The molecule has 3 nitrogen and oxygen atoms in total. The molecule has 0 saturated carbocycles. The van der Waals surface area contributed by atoms with E-state index in [-0.39, 0.29) is 0 Å². The van der Waals surface area contributed by atoms with Gasteiger partial charge < -0.3 is 10.2 Å². The van der Waals surface area contributed by atoms with Gasteiger partial charge in [-0.3, -0.25) is 4.79 Å². The van der Waals surface area contributed by atoms with E-state index in [1.807, 2.05) is 6.92 Å². The number of carboxylic acid groups (broad SMARTS) is 1. The van der Waals surface area contributed by atoms with Crippen LogP contribution in [-0.2, 0) is 10.4 Å². The Labute approximate surface area is 106 Å². The minimum Gasteiger partial charge on any atom is -0.481 e. The molecule has 1 aromatic carbocycles. The molecule has 0 heterocycles. The maximum absolute atomic E-state index is 13.5. The summed E-state index contributed by atoms with van der Waals surface area (Å²) in [5, 5.41) is 19.6. The van der Waals surface area contributed by atoms with Gasteiger partial charge in [0.25, 0.3) is 0 Å². The Bertz CT molecular complexity index is 441. The Hall–Kier alpha value is -1.42. The summed E-state index contributed by atoms with van der Waals surface area (Å²) in [6.45, 7) is 4.89. The third kappa shape index (κ3) is 2.88. The van der Waals surface area contributed by atoms with E-state index in [1.54, 1.807) is 19.1 Å². The van der Waals surface area contributed by atoms with E-state index in [0.29, 0.717) is 24.0 Å². The number of carbonyl (C=O) groups is 1. The van der Waals surface area contributed by atoms with Crippen molar-refractivity contribution in [3.63, 3.8) is 0 Å². The summed E-state index contributed by atoms with van der Waals surface area (Å²) in [6.07, 6.45) is 0.985. The maximum atomic E-state index is 13.5. The molecule has 0 aliphatic rings. The Kier molecular flexibility index (Phi) is 4.46. The van der Waals surface area contributed by atoms with E-state index in [4.69, 9.17) is 0 Å². The van der Waals surface area contributed by atoms with E-state index in [2.05, 4.69) is 0 Å². The van der Waals surface area contributed by atoms with E-state index in [1.165, 1.54) is 13.0 Å². The number of halogens is 1. The SMILES string of the molecule is CCCC(C(=O)O)C(C)(O)c1ccc(C)c(F)c1. The molecule has 0 bridgehead atoms. The monoisotopic (exact) mass is 254 g/mol. The molecule has 1 rings (SSSR count). The van der Waals surface area contributed by atoms with E-state index in [0.717, 1.165) is 0 Å². The van der Waals surface area contributed by atoms with Crippen LogP contribution in [0.5, 0.6) is 0 Å².